The largest absolute Gasteiger partial charge is 0.396 e. The van der Waals surface area contributed by atoms with E-state index in [1.165, 1.54) is 0 Å². The van der Waals surface area contributed by atoms with Crippen LogP contribution in [0.5, 0.6) is 0 Å². The average Bonchev–Trinajstić information content (AvgIpc) is 3.06. The summed E-state index contributed by atoms with van der Waals surface area (Å²) >= 11 is 0. The Balaban J connectivity index is 2.15. The van der Waals surface area contributed by atoms with Crippen LogP contribution in [0.1, 0.15) is 18.4 Å². The topological polar surface area (TPSA) is 75.4 Å². The van der Waals surface area contributed by atoms with Crippen LogP contribution in [-0.4, -0.2) is 23.2 Å². The minimum absolute atomic E-state index is 0.0579. The molecule has 0 atom stereocenters. The Morgan fingerprint density at radius 2 is 2.24 bits per heavy atom. The van der Waals surface area contributed by atoms with E-state index in [-0.39, 0.29) is 22.6 Å². The zero-order chi connectivity index (χ0) is 12.5. The Labute approximate surface area is 99.6 Å². The molecule has 0 heterocycles. The van der Waals surface area contributed by atoms with Crippen LogP contribution < -0.4 is 5.32 Å². The zero-order valence-electron chi connectivity index (χ0n) is 9.77. The Morgan fingerprint density at radius 3 is 2.76 bits per heavy atom. The number of para-hydroxylation sites is 1. The van der Waals surface area contributed by atoms with Crippen LogP contribution in [0.4, 0.5) is 11.4 Å². The van der Waals surface area contributed by atoms with Gasteiger partial charge in [0.1, 0.15) is 5.69 Å². The van der Waals surface area contributed by atoms with Crippen molar-refractivity contribution in [3.63, 3.8) is 0 Å². The van der Waals surface area contributed by atoms with Crippen molar-refractivity contribution < 1.29 is 10.0 Å². The molecule has 5 heteroatoms. The van der Waals surface area contributed by atoms with E-state index in [1.807, 2.05) is 0 Å². The van der Waals surface area contributed by atoms with Crippen LogP contribution in [-0.2, 0) is 0 Å². The van der Waals surface area contributed by atoms with Crippen LogP contribution in [0.15, 0.2) is 18.2 Å². The molecule has 1 aromatic carbocycles. The van der Waals surface area contributed by atoms with Gasteiger partial charge in [0.05, 0.1) is 11.5 Å². The second-order valence-electron chi connectivity index (χ2n) is 4.74. The van der Waals surface area contributed by atoms with Crippen molar-refractivity contribution in [3.05, 3.63) is 33.9 Å². The lowest BCUT2D eigenvalue weighted by Crippen LogP contribution is -2.19. The molecule has 2 rings (SSSR count). The summed E-state index contributed by atoms with van der Waals surface area (Å²) in [6.45, 7) is 2.45. The molecule has 1 saturated carbocycles. The third-order valence-corrected chi connectivity index (χ3v) is 3.37. The van der Waals surface area contributed by atoms with Crippen molar-refractivity contribution in [2.24, 2.45) is 5.41 Å². The van der Waals surface area contributed by atoms with Gasteiger partial charge in [-0.1, -0.05) is 12.1 Å². The van der Waals surface area contributed by atoms with Gasteiger partial charge in [0.15, 0.2) is 0 Å². The lowest BCUT2D eigenvalue weighted by molar-refractivity contribution is -0.384. The van der Waals surface area contributed by atoms with Crippen LogP contribution in [0.3, 0.4) is 0 Å². The van der Waals surface area contributed by atoms with Gasteiger partial charge in [0, 0.05) is 17.5 Å². The molecule has 1 aliphatic carbocycles. The number of benzene rings is 1. The maximum absolute atomic E-state index is 11.0. The van der Waals surface area contributed by atoms with Gasteiger partial charge >= 0.3 is 0 Å². The van der Waals surface area contributed by atoms with Crippen molar-refractivity contribution in [2.75, 3.05) is 18.5 Å². The first kappa shape index (κ1) is 11.9. The van der Waals surface area contributed by atoms with Crippen molar-refractivity contribution in [1.82, 2.24) is 0 Å². The van der Waals surface area contributed by atoms with E-state index in [4.69, 9.17) is 0 Å². The van der Waals surface area contributed by atoms with Gasteiger partial charge in [-0.05, 0) is 25.8 Å². The quantitative estimate of drug-likeness (QED) is 0.606. The summed E-state index contributed by atoms with van der Waals surface area (Å²) in [4.78, 5) is 10.6. The number of hydrogen-bond acceptors (Lipinski definition) is 4. The van der Waals surface area contributed by atoms with Gasteiger partial charge in [-0.2, -0.15) is 0 Å². The highest BCUT2D eigenvalue weighted by atomic mass is 16.6. The molecule has 0 unspecified atom stereocenters. The Hall–Kier alpha value is -1.62. The van der Waals surface area contributed by atoms with Crippen LogP contribution in [0.25, 0.3) is 0 Å². The van der Waals surface area contributed by atoms with Gasteiger partial charge in [0.2, 0.25) is 0 Å². The Kier molecular flexibility index (Phi) is 3.02. The second-order valence-corrected chi connectivity index (χ2v) is 4.74. The summed E-state index contributed by atoms with van der Waals surface area (Å²) in [5.41, 5.74) is 1.25. The molecule has 0 bridgehead atoms. The number of nitro groups is 1. The minimum atomic E-state index is -0.365. The highest BCUT2D eigenvalue weighted by Crippen LogP contribution is 2.45. The van der Waals surface area contributed by atoms with Gasteiger partial charge < -0.3 is 10.4 Å². The van der Waals surface area contributed by atoms with E-state index in [0.29, 0.717) is 17.8 Å². The number of aliphatic hydroxyl groups excluding tert-OH is 1. The molecule has 0 spiro atoms. The summed E-state index contributed by atoms with van der Waals surface area (Å²) in [5, 5.41) is 23.2. The molecule has 5 nitrogen and oxygen atoms in total. The monoisotopic (exact) mass is 236 g/mol. The number of hydrogen-bond donors (Lipinski definition) is 2. The first-order valence-electron chi connectivity index (χ1n) is 5.67. The third-order valence-electron chi connectivity index (χ3n) is 3.37. The smallest absolute Gasteiger partial charge is 0.295 e. The molecule has 0 radical (unpaired) electrons. The van der Waals surface area contributed by atoms with Gasteiger partial charge in [-0.25, -0.2) is 0 Å². The fourth-order valence-corrected chi connectivity index (χ4v) is 1.89. The third kappa shape index (κ3) is 2.39. The highest BCUT2D eigenvalue weighted by molar-refractivity contribution is 5.65. The van der Waals surface area contributed by atoms with E-state index in [1.54, 1.807) is 25.1 Å². The molecule has 17 heavy (non-hydrogen) atoms. The summed E-state index contributed by atoms with van der Waals surface area (Å²) in [5.74, 6) is 0. The standard InChI is InChI=1S/C12H16N2O3/c1-9-3-2-4-10(11(9)14(16)17)13-7-12(8-15)5-6-12/h2-4,13,15H,5-8H2,1H3. The second kappa shape index (κ2) is 4.33. The zero-order valence-corrected chi connectivity index (χ0v) is 9.77. The number of nitro benzene ring substituents is 1. The van der Waals surface area contributed by atoms with Gasteiger partial charge in [0.25, 0.3) is 5.69 Å². The fraction of sp³-hybridized carbons (Fsp3) is 0.500. The van der Waals surface area contributed by atoms with Gasteiger partial charge in [-0.3, -0.25) is 10.1 Å². The van der Waals surface area contributed by atoms with Crippen molar-refractivity contribution >= 4 is 11.4 Å². The molecule has 1 aromatic rings. The minimum Gasteiger partial charge on any atom is -0.396 e. The summed E-state index contributed by atoms with van der Waals surface area (Å²) in [6.07, 6.45) is 1.96. The molecule has 0 saturated heterocycles. The molecule has 0 amide bonds. The van der Waals surface area contributed by atoms with Crippen LogP contribution >= 0.6 is 0 Å². The van der Waals surface area contributed by atoms with E-state index < -0.39 is 0 Å². The Bertz CT molecular complexity index is 441. The van der Waals surface area contributed by atoms with Crippen molar-refractivity contribution in [1.29, 1.82) is 0 Å². The molecular weight excluding hydrogens is 220 g/mol. The predicted octanol–water partition coefficient (Wildman–Crippen LogP) is 2.09. The SMILES string of the molecule is Cc1cccc(NCC2(CO)CC2)c1[N+](=O)[O-]. The van der Waals surface area contributed by atoms with Crippen molar-refractivity contribution in [2.45, 2.75) is 19.8 Å². The van der Waals surface area contributed by atoms with Crippen LogP contribution in [0, 0.1) is 22.5 Å². The first-order chi connectivity index (χ1) is 8.08. The summed E-state index contributed by atoms with van der Waals surface area (Å²) in [6, 6.07) is 5.23. The van der Waals surface area contributed by atoms with Crippen LogP contribution in [0.2, 0.25) is 0 Å². The highest BCUT2D eigenvalue weighted by Gasteiger charge is 2.42. The molecule has 1 aliphatic rings. The number of aliphatic hydroxyl groups is 1. The molecule has 0 aromatic heterocycles. The number of anilines is 1. The number of aryl methyl sites for hydroxylation is 1. The molecular formula is C12H16N2O3. The maximum atomic E-state index is 11.0. The fourth-order valence-electron chi connectivity index (χ4n) is 1.89. The maximum Gasteiger partial charge on any atom is 0.295 e. The van der Waals surface area contributed by atoms with E-state index in [9.17, 15) is 15.2 Å². The molecule has 92 valence electrons. The number of rotatable bonds is 5. The average molecular weight is 236 g/mol. The van der Waals surface area contributed by atoms with Crippen molar-refractivity contribution in [3.8, 4) is 0 Å². The lowest BCUT2D eigenvalue weighted by Gasteiger charge is -2.14. The van der Waals surface area contributed by atoms with Gasteiger partial charge in [-0.15, -0.1) is 0 Å². The number of nitrogens with one attached hydrogen (secondary N) is 1. The van der Waals surface area contributed by atoms with E-state index in [2.05, 4.69) is 5.32 Å². The summed E-state index contributed by atoms with van der Waals surface area (Å²) < 4.78 is 0. The lowest BCUT2D eigenvalue weighted by atomic mass is 10.1. The number of nitrogens with zero attached hydrogens (tertiary/aromatic N) is 1. The van der Waals surface area contributed by atoms with E-state index in [0.717, 1.165) is 12.8 Å². The Morgan fingerprint density at radius 1 is 1.53 bits per heavy atom. The van der Waals surface area contributed by atoms with E-state index >= 15 is 0 Å². The molecule has 1 fully saturated rings. The molecule has 0 aliphatic heterocycles. The predicted molar refractivity (Wildman–Crippen MR) is 65.1 cm³/mol. The normalized spacial score (nSPS) is 16.6. The molecule has 2 N–H and O–H groups in total. The first-order valence-corrected chi connectivity index (χ1v) is 5.67. The summed E-state index contributed by atoms with van der Waals surface area (Å²) in [7, 11) is 0.